The summed E-state index contributed by atoms with van der Waals surface area (Å²) in [5.74, 6) is 5.10. The van der Waals surface area contributed by atoms with Crippen molar-refractivity contribution in [1.29, 1.82) is 0 Å². The van der Waals surface area contributed by atoms with Crippen LogP contribution >= 0.6 is 0 Å². The average Bonchev–Trinajstić information content (AvgIpc) is 2.18. The molecule has 1 rings (SSSR count). The van der Waals surface area contributed by atoms with Crippen LogP contribution in [0.15, 0.2) is 18.2 Å². The molecule has 3 nitrogen and oxygen atoms in total. The number of aldehydes is 2. The summed E-state index contributed by atoms with van der Waals surface area (Å²) in [4.78, 5) is 20.6. The van der Waals surface area contributed by atoms with Crippen molar-refractivity contribution in [2.24, 2.45) is 0 Å². The van der Waals surface area contributed by atoms with E-state index in [0.717, 1.165) is 0 Å². The molecule has 0 atom stereocenters. The molecule has 0 spiro atoms. The number of carbonyl (C=O) groups excluding carboxylic acids is 2. The van der Waals surface area contributed by atoms with Crippen LogP contribution in [0.2, 0.25) is 0 Å². The fourth-order valence-corrected chi connectivity index (χ4v) is 0.974. The molecule has 0 aromatic heterocycles. The minimum absolute atomic E-state index is 0.0992. The lowest BCUT2D eigenvalue weighted by Crippen LogP contribution is -1.87. The molecule has 0 saturated carbocycles. The van der Waals surface area contributed by atoms with E-state index in [2.05, 4.69) is 11.8 Å². The van der Waals surface area contributed by atoms with Crippen LogP contribution in [0.25, 0.3) is 0 Å². The number of rotatable bonds is 2. The van der Waals surface area contributed by atoms with Gasteiger partial charge in [0.15, 0.2) is 6.29 Å². The zero-order valence-corrected chi connectivity index (χ0v) is 7.36. The van der Waals surface area contributed by atoms with E-state index < -0.39 is 0 Å². The van der Waals surface area contributed by atoms with Gasteiger partial charge in [-0.15, -0.1) is 0 Å². The molecule has 0 fully saturated rings. The van der Waals surface area contributed by atoms with Crippen LogP contribution in [0, 0.1) is 11.8 Å². The van der Waals surface area contributed by atoms with E-state index in [9.17, 15) is 14.7 Å². The Balaban J connectivity index is 3.09. The van der Waals surface area contributed by atoms with Crippen molar-refractivity contribution < 1.29 is 14.7 Å². The van der Waals surface area contributed by atoms with Gasteiger partial charge in [0, 0.05) is 5.56 Å². The number of phenolic OH excluding ortho intramolecular Hbond substituents is 1. The minimum atomic E-state index is -0.0992. The summed E-state index contributed by atoms with van der Waals surface area (Å²) >= 11 is 0. The Kier molecular flexibility index (Phi) is 3.45. The molecule has 3 heteroatoms. The van der Waals surface area contributed by atoms with Crippen LogP contribution < -0.4 is 0 Å². The van der Waals surface area contributed by atoms with Gasteiger partial charge in [-0.3, -0.25) is 4.79 Å². The van der Waals surface area contributed by atoms with Crippen molar-refractivity contribution in [2.75, 3.05) is 0 Å². The number of phenols is 1. The maximum absolute atomic E-state index is 10.6. The SMILES string of the molecule is O=CCC#Cc1cccc(O)c1C=O. The van der Waals surface area contributed by atoms with Gasteiger partial charge in [0.05, 0.1) is 12.0 Å². The molecular formula is C11H8O3. The van der Waals surface area contributed by atoms with Crippen molar-refractivity contribution in [3.63, 3.8) is 0 Å². The van der Waals surface area contributed by atoms with Crippen LogP contribution in [0.5, 0.6) is 5.75 Å². The van der Waals surface area contributed by atoms with Crippen molar-refractivity contribution >= 4 is 12.6 Å². The molecule has 0 aliphatic rings. The highest BCUT2D eigenvalue weighted by atomic mass is 16.3. The largest absolute Gasteiger partial charge is 0.507 e. The maximum atomic E-state index is 10.6. The topological polar surface area (TPSA) is 54.4 Å². The molecule has 1 aromatic rings. The number of hydrogen-bond acceptors (Lipinski definition) is 3. The van der Waals surface area contributed by atoms with Gasteiger partial charge in [-0.2, -0.15) is 0 Å². The summed E-state index contributed by atoms with van der Waals surface area (Å²) in [6, 6.07) is 4.61. The van der Waals surface area contributed by atoms with Gasteiger partial charge in [-0.25, -0.2) is 0 Å². The second kappa shape index (κ2) is 4.83. The maximum Gasteiger partial charge on any atom is 0.155 e. The molecule has 0 radical (unpaired) electrons. The molecule has 0 bridgehead atoms. The minimum Gasteiger partial charge on any atom is -0.507 e. The smallest absolute Gasteiger partial charge is 0.155 e. The highest BCUT2D eigenvalue weighted by molar-refractivity contribution is 5.83. The third-order valence-electron chi connectivity index (χ3n) is 1.61. The fraction of sp³-hybridized carbons (Fsp3) is 0.0909. The highest BCUT2D eigenvalue weighted by Crippen LogP contribution is 2.17. The van der Waals surface area contributed by atoms with Crippen LogP contribution in [-0.2, 0) is 4.79 Å². The summed E-state index contributed by atoms with van der Waals surface area (Å²) in [6.07, 6.45) is 1.34. The van der Waals surface area contributed by atoms with E-state index in [1.807, 2.05) is 0 Å². The molecule has 0 amide bonds. The summed E-state index contributed by atoms with van der Waals surface area (Å²) in [6.45, 7) is 0. The first-order chi connectivity index (χ1) is 6.79. The zero-order chi connectivity index (χ0) is 10.4. The monoisotopic (exact) mass is 188 g/mol. The van der Waals surface area contributed by atoms with Gasteiger partial charge >= 0.3 is 0 Å². The van der Waals surface area contributed by atoms with Gasteiger partial charge in [-0.1, -0.05) is 17.9 Å². The van der Waals surface area contributed by atoms with Gasteiger partial charge in [0.2, 0.25) is 0 Å². The van der Waals surface area contributed by atoms with Crippen LogP contribution in [0.1, 0.15) is 22.3 Å². The van der Waals surface area contributed by atoms with Crippen molar-refractivity contribution in [3.8, 4) is 17.6 Å². The second-order valence-corrected chi connectivity index (χ2v) is 2.53. The first-order valence-electron chi connectivity index (χ1n) is 3.99. The second-order valence-electron chi connectivity index (χ2n) is 2.53. The van der Waals surface area contributed by atoms with Crippen LogP contribution in [0.3, 0.4) is 0 Å². The third kappa shape index (κ3) is 2.20. The lowest BCUT2D eigenvalue weighted by molar-refractivity contribution is -0.107. The molecule has 0 aliphatic heterocycles. The molecule has 1 aromatic carbocycles. The van der Waals surface area contributed by atoms with Crippen molar-refractivity contribution in [2.45, 2.75) is 6.42 Å². The van der Waals surface area contributed by atoms with Gasteiger partial charge < -0.3 is 9.90 Å². The molecule has 0 unspecified atom stereocenters. The Morgan fingerprint density at radius 1 is 1.36 bits per heavy atom. The normalized spacial score (nSPS) is 8.57. The molecule has 0 saturated heterocycles. The average molecular weight is 188 g/mol. The Bertz CT molecular complexity index is 410. The van der Waals surface area contributed by atoms with Crippen molar-refractivity contribution in [3.05, 3.63) is 29.3 Å². The lowest BCUT2D eigenvalue weighted by atomic mass is 10.1. The number of carbonyl (C=O) groups is 2. The Morgan fingerprint density at radius 3 is 2.79 bits per heavy atom. The highest BCUT2D eigenvalue weighted by Gasteiger charge is 2.03. The van der Waals surface area contributed by atoms with E-state index in [-0.39, 0.29) is 17.7 Å². The van der Waals surface area contributed by atoms with E-state index in [1.54, 1.807) is 12.1 Å². The first-order valence-corrected chi connectivity index (χ1v) is 3.99. The quantitative estimate of drug-likeness (QED) is 0.559. The van der Waals surface area contributed by atoms with Crippen LogP contribution in [0.4, 0.5) is 0 Å². The van der Waals surface area contributed by atoms with E-state index in [0.29, 0.717) is 18.1 Å². The number of aromatic hydroxyl groups is 1. The summed E-state index contributed by atoms with van der Waals surface area (Å²) < 4.78 is 0. The Hall–Kier alpha value is -2.08. The fourth-order valence-electron chi connectivity index (χ4n) is 0.974. The Labute approximate surface area is 81.4 Å². The standard InChI is InChI=1S/C11H8O3/c12-7-2-1-4-9-5-3-6-11(14)10(9)8-13/h3,5-8,14H,2H2. The van der Waals surface area contributed by atoms with E-state index >= 15 is 0 Å². The first kappa shape index (κ1) is 10.0. The van der Waals surface area contributed by atoms with E-state index in [4.69, 9.17) is 0 Å². The van der Waals surface area contributed by atoms with Gasteiger partial charge in [0.1, 0.15) is 12.0 Å². The Morgan fingerprint density at radius 2 is 2.14 bits per heavy atom. The molecule has 0 heterocycles. The molecule has 14 heavy (non-hydrogen) atoms. The van der Waals surface area contributed by atoms with Crippen molar-refractivity contribution in [1.82, 2.24) is 0 Å². The van der Waals surface area contributed by atoms with Gasteiger partial charge in [0.25, 0.3) is 0 Å². The molecular weight excluding hydrogens is 180 g/mol. The summed E-state index contributed by atoms with van der Waals surface area (Å²) in [5.41, 5.74) is 0.591. The number of hydrogen-bond donors (Lipinski definition) is 1. The lowest BCUT2D eigenvalue weighted by Gasteiger charge is -1.98. The molecule has 70 valence electrons. The third-order valence-corrected chi connectivity index (χ3v) is 1.61. The zero-order valence-electron chi connectivity index (χ0n) is 7.36. The summed E-state index contributed by atoms with van der Waals surface area (Å²) in [7, 11) is 0. The molecule has 0 aliphatic carbocycles. The predicted octanol–water partition coefficient (Wildman–Crippen LogP) is 1.15. The predicted molar refractivity (Wildman–Crippen MR) is 51.1 cm³/mol. The van der Waals surface area contributed by atoms with E-state index in [1.165, 1.54) is 6.07 Å². The van der Waals surface area contributed by atoms with Gasteiger partial charge in [-0.05, 0) is 12.1 Å². The number of benzene rings is 1. The summed E-state index contributed by atoms with van der Waals surface area (Å²) in [5, 5.41) is 9.28. The van der Waals surface area contributed by atoms with Crippen LogP contribution in [-0.4, -0.2) is 17.7 Å². The molecule has 1 N–H and O–H groups in total.